The molecule has 0 amide bonds. The summed E-state index contributed by atoms with van der Waals surface area (Å²) in [6, 6.07) is 62.7. The topological polar surface area (TPSA) is 25.8 Å². The summed E-state index contributed by atoms with van der Waals surface area (Å²) in [4.78, 5) is 9.71. The highest BCUT2D eigenvalue weighted by Gasteiger charge is 2.18. The summed E-state index contributed by atoms with van der Waals surface area (Å²) >= 11 is 0. The van der Waals surface area contributed by atoms with Gasteiger partial charge in [-0.1, -0.05) is 121 Å². The highest BCUT2D eigenvalue weighted by Crippen LogP contribution is 2.44. The molecule has 0 radical (unpaired) electrons. The van der Waals surface area contributed by atoms with Crippen molar-refractivity contribution in [3.63, 3.8) is 0 Å². The van der Waals surface area contributed by atoms with Gasteiger partial charge in [0.05, 0.1) is 11.0 Å². The Morgan fingerprint density at radius 1 is 0.278 bits per heavy atom. The summed E-state index contributed by atoms with van der Waals surface area (Å²) in [7, 11) is 0. The molecule has 0 aliphatic rings. The zero-order chi connectivity index (χ0) is 35.3. The van der Waals surface area contributed by atoms with Crippen molar-refractivity contribution in [2.24, 2.45) is 0 Å². The lowest BCUT2D eigenvalue weighted by Crippen LogP contribution is -1.91. The maximum absolute atomic E-state index is 5.01. The second kappa shape index (κ2) is 11.2. The van der Waals surface area contributed by atoms with Crippen LogP contribution in [0, 0.1) is 0 Å². The highest BCUT2D eigenvalue weighted by atomic mass is 14.7. The predicted molar refractivity (Wildman–Crippen MR) is 230 cm³/mol. The summed E-state index contributed by atoms with van der Waals surface area (Å²) in [5, 5.41) is 19.6. The molecule has 0 fully saturated rings. The fourth-order valence-corrected chi connectivity index (χ4v) is 9.07. The van der Waals surface area contributed by atoms with Crippen LogP contribution in [0.5, 0.6) is 0 Å². The third-order valence-corrected chi connectivity index (χ3v) is 11.6. The molecule has 54 heavy (non-hydrogen) atoms. The molecule has 12 rings (SSSR count). The van der Waals surface area contributed by atoms with Crippen LogP contribution in [0.3, 0.4) is 0 Å². The smallest absolute Gasteiger partial charge is 0.0786 e. The van der Waals surface area contributed by atoms with E-state index in [1.165, 1.54) is 97.7 Å². The largest absolute Gasteiger partial charge is 0.256 e. The minimum Gasteiger partial charge on any atom is -0.256 e. The zero-order valence-electron chi connectivity index (χ0n) is 29.2. The lowest BCUT2D eigenvalue weighted by Gasteiger charge is -2.17. The fraction of sp³-hybridized carbons (Fsp3) is 0. The van der Waals surface area contributed by atoms with Gasteiger partial charge in [0.1, 0.15) is 0 Å². The van der Waals surface area contributed by atoms with E-state index < -0.39 is 0 Å². The van der Waals surface area contributed by atoms with Gasteiger partial charge < -0.3 is 0 Å². The Morgan fingerprint density at radius 2 is 0.833 bits per heavy atom. The van der Waals surface area contributed by atoms with Crippen molar-refractivity contribution < 1.29 is 0 Å². The SMILES string of the molecule is c1cnc2cc3c(ccc4ccc(-c5cc6cccnc6c6c5cc(-c5ccc7ccc8c9ccccc9ccc8c7c5)c5ccccc56)cc43)cc2c1. The van der Waals surface area contributed by atoms with Crippen LogP contribution >= 0.6 is 0 Å². The zero-order valence-corrected chi connectivity index (χ0v) is 29.2. The number of hydrogen-bond acceptors (Lipinski definition) is 2. The van der Waals surface area contributed by atoms with Crippen LogP contribution < -0.4 is 0 Å². The molecule has 0 saturated carbocycles. The van der Waals surface area contributed by atoms with Crippen LogP contribution in [0.2, 0.25) is 0 Å². The van der Waals surface area contributed by atoms with E-state index >= 15 is 0 Å². The molecule has 2 heterocycles. The van der Waals surface area contributed by atoms with Crippen molar-refractivity contribution in [3.8, 4) is 22.3 Å². The molecular formula is C52H30N2. The number of aromatic nitrogens is 2. The lowest BCUT2D eigenvalue weighted by molar-refractivity contribution is 1.42. The van der Waals surface area contributed by atoms with E-state index in [9.17, 15) is 0 Å². The highest BCUT2D eigenvalue weighted by molar-refractivity contribution is 6.26. The number of nitrogens with zero attached hydrogens (tertiary/aromatic N) is 2. The molecule has 0 N–H and O–H groups in total. The number of hydrogen-bond donors (Lipinski definition) is 0. The van der Waals surface area contributed by atoms with Gasteiger partial charge in [-0.15, -0.1) is 0 Å². The van der Waals surface area contributed by atoms with E-state index in [-0.39, 0.29) is 0 Å². The number of pyridine rings is 2. The van der Waals surface area contributed by atoms with E-state index in [1.807, 2.05) is 24.5 Å². The van der Waals surface area contributed by atoms with Crippen molar-refractivity contribution >= 4 is 97.2 Å². The summed E-state index contributed by atoms with van der Waals surface area (Å²) in [5.41, 5.74) is 6.85. The molecule has 0 saturated heterocycles. The van der Waals surface area contributed by atoms with Crippen molar-refractivity contribution in [1.29, 1.82) is 0 Å². The second-order valence-electron chi connectivity index (χ2n) is 14.5. The molecule has 0 spiro atoms. The molecule has 2 nitrogen and oxygen atoms in total. The summed E-state index contributed by atoms with van der Waals surface area (Å²) in [6.07, 6.45) is 3.80. The third-order valence-electron chi connectivity index (χ3n) is 11.6. The first-order valence-electron chi connectivity index (χ1n) is 18.5. The Kier molecular flexibility index (Phi) is 6.09. The first kappa shape index (κ1) is 29.4. The molecule has 12 aromatic rings. The van der Waals surface area contributed by atoms with Crippen molar-refractivity contribution in [3.05, 3.63) is 182 Å². The van der Waals surface area contributed by atoms with Crippen LogP contribution in [0.1, 0.15) is 0 Å². The Morgan fingerprint density at radius 3 is 1.65 bits per heavy atom. The quantitative estimate of drug-likeness (QED) is 0.134. The molecule has 2 heteroatoms. The molecule has 2 aromatic heterocycles. The first-order valence-corrected chi connectivity index (χ1v) is 18.5. The van der Waals surface area contributed by atoms with E-state index in [1.54, 1.807) is 0 Å². The van der Waals surface area contributed by atoms with Gasteiger partial charge in [0.2, 0.25) is 0 Å². The fourth-order valence-electron chi connectivity index (χ4n) is 9.07. The van der Waals surface area contributed by atoms with Crippen LogP contribution in [-0.4, -0.2) is 9.97 Å². The standard InChI is InChI=1S/C52H30N2/c1-2-10-39-31(7-1)19-22-42-41(39)21-20-33-15-18-36(26-44(33)42)47-29-49-46(28-38-9-6-24-54-52(38)51(49)43-12-4-3-11-40(43)47)35-17-14-32-13-16-34-25-37-8-5-23-53-50(37)30-48(34)45(32)27-35/h1-30H. The monoisotopic (exact) mass is 682 g/mol. The normalized spacial score (nSPS) is 12.1. The summed E-state index contributed by atoms with van der Waals surface area (Å²) < 4.78 is 0. The van der Waals surface area contributed by atoms with Gasteiger partial charge in [-0.25, -0.2) is 0 Å². The van der Waals surface area contributed by atoms with Crippen molar-refractivity contribution in [1.82, 2.24) is 9.97 Å². The van der Waals surface area contributed by atoms with Gasteiger partial charge in [-0.2, -0.15) is 0 Å². The van der Waals surface area contributed by atoms with Crippen LogP contribution in [0.25, 0.3) is 119 Å². The molecule has 10 aromatic carbocycles. The molecule has 0 bridgehead atoms. The van der Waals surface area contributed by atoms with E-state index in [0.29, 0.717) is 0 Å². The summed E-state index contributed by atoms with van der Waals surface area (Å²) in [5.74, 6) is 0. The predicted octanol–water partition coefficient (Wildman–Crippen LogP) is 14.2. The summed E-state index contributed by atoms with van der Waals surface area (Å²) in [6.45, 7) is 0. The molecule has 0 unspecified atom stereocenters. The molecular weight excluding hydrogens is 653 g/mol. The maximum atomic E-state index is 5.01. The average Bonchev–Trinajstić information content (AvgIpc) is 3.24. The first-order chi connectivity index (χ1) is 26.7. The van der Waals surface area contributed by atoms with E-state index in [0.717, 1.165) is 21.8 Å². The average molecular weight is 683 g/mol. The lowest BCUT2D eigenvalue weighted by atomic mass is 9.86. The molecule has 0 aliphatic carbocycles. The van der Waals surface area contributed by atoms with Crippen molar-refractivity contribution in [2.45, 2.75) is 0 Å². The van der Waals surface area contributed by atoms with Crippen LogP contribution in [0.15, 0.2) is 182 Å². The minimum absolute atomic E-state index is 1.01. The molecule has 248 valence electrons. The van der Waals surface area contributed by atoms with Crippen molar-refractivity contribution in [2.75, 3.05) is 0 Å². The molecule has 0 aliphatic heterocycles. The van der Waals surface area contributed by atoms with Gasteiger partial charge >= 0.3 is 0 Å². The van der Waals surface area contributed by atoms with Gasteiger partial charge in [-0.3, -0.25) is 9.97 Å². The second-order valence-corrected chi connectivity index (χ2v) is 14.5. The Balaban J connectivity index is 1.16. The van der Waals surface area contributed by atoms with Gasteiger partial charge in [0.15, 0.2) is 0 Å². The number of rotatable bonds is 2. The third kappa shape index (κ3) is 4.28. The van der Waals surface area contributed by atoms with Crippen LogP contribution in [0.4, 0.5) is 0 Å². The minimum atomic E-state index is 1.01. The van der Waals surface area contributed by atoms with E-state index in [2.05, 4.69) is 158 Å². The maximum Gasteiger partial charge on any atom is 0.0786 e. The Labute approximate surface area is 310 Å². The van der Waals surface area contributed by atoms with E-state index in [4.69, 9.17) is 9.97 Å². The van der Waals surface area contributed by atoms with Gasteiger partial charge in [0, 0.05) is 28.6 Å². The van der Waals surface area contributed by atoms with Crippen LogP contribution in [-0.2, 0) is 0 Å². The number of fused-ring (bicyclic) bond motifs is 14. The number of benzene rings is 10. The Bertz CT molecular complexity index is 3560. The van der Waals surface area contributed by atoms with Gasteiger partial charge in [0.25, 0.3) is 0 Å². The molecule has 0 atom stereocenters. The Hall–Kier alpha value is -7.16. The van der Waals surface area contributed by atoms with Gasteiger partial charge in [-0.05, 0) is 141 Å².